The van der Waals surface area contributed by atoms with Gasteiger partial charge < -0.3 is 0 Å². The lowest BCUT2D eigenvalue weighted by molar-refractivity contribution is 0.0326. The Labute approximate surface area is 158 Å². The molecule has 0 N–H and O–H groups in total. The van der Waals surface area contributed by atoms with Crippen LogP contribution in [0.15, 0.2) is 54.7 Å². The number of para-hydroxylation sites is 1. The molecule has 1 saturated heterocycles. The molecule has 1 fully saturated rings. The minimum Gasteiger partial charge on any atom is -0.260 e. The highest BCUT2D eigenvalue weighted by Crippen LogP contribution is 2.64. The van der Waals surface area contributed by atoms with E-state index in [-0.39, 0.29) is 11.0 Å². The molecule has 5 rings (SSSR count). The summed E-state index contributed by atoms with van der Waals surface area (Å²) >= 11 is 6.36. The summed E-state index contributed by atoms with van der Waals surface area (Å²) < 4.78 is 0. The van der Waals surface area contributed by atoms with E-state index in [4.69, 9.17) is 16.4 Å². The minimum absolute atomic E-state index is 0.114. The fraction of sp³-hybridized carbons (Fsp3) is 0.318. The molecule has 26 heavy (non-hydrogen) atoms. The number of hydrogen-bond acceptors (Lipinski definition) is 3. The molecule has 1 aromatic heterocycles. The molecule has 2 aliphatic rings. The molecule has 3 nitrogen and oxygen atoms in total. The second-order valence-electron chi connectivity index (χ2n) is 8.32. The predicted octanol–water partition coefficient (Wildman–Crippen LogP) is 5.41. The van der Waals surface area contributed by atoms with Crippen molar-refractivity contribution >= 4 is 22.5 Å². The summed E-state index contributed by atoms with van der Waals surface area (Å²) in [7, 11) is 0. The number of halogens is 1. The normalized spacial score (nSPS) is 27.7. The van der Waals surface area contributed by atoms with Crippen molar-refractivity contribution in [2.75, 3.05) is 0 Å². The maximum absolute atomic E-state index is 6.37. The van der Waals surface area contributed by atoms with Gasteiger partial charge in [-0.05, 0) is 43.7 Å². The molecule has 0 spiro atoms. The first kappa shape index (κ1) is 16.2. The molecule has 0 aliphatic carbocycles. The zero-order chi connectivity index (χ0) is 18.3. The van der Waals surface area contributed by atoms with E-state index in [1.165, 1.54) is 5.56 Å². The van der Waals surface area contributed by atoms with E-state index in [0.29, 0.717) is 0 Å². The second-order valence-corrected chi connectivity index (χ2v) is 8.76. The maximum atomic E-state index is 6.37. The van der Waals surface area contributed by atoms with Gasteiger partial charge in [-0.3, -0.25) is 9.82 Å². The number of rotatable bonds is 1. The summed E-state index contributed by atoms with van der Waals surface area (Å²) in [4.78, 5) is 11.0. The molecular weight excluding hydrogens is 344 g/mol. The van der Waals surface area contributed by atoms with Crippen LogP contribution in [0.4, 0.5) is 0 Å². The first-order valence-corrected chi connectivity index (χ1v) is 9.31. The Bertz CT molecular complexity index is 1060. The molecule has 3 heterocycles. The Kier molecular flexibility index (Phi) is 3.04. The summed E-state index contributed by atoms with van der Waals surface area (Å²) in [5.41, 5.74) is 3.54. The van der Waals surface area contributed by atoms with Crippen molar-refractivity contribution in [3.05, 3.63) is 76.4 Å². The fourth-order valence-electron chi connectivity index (χ4n) is 4.27. The number of fused-ring (bicyclic) bond motifs is 4. The van der Waals surface area contributed by atoms with Gasteiger partial charge in [0.25, 0.3) is 0 Å². The number of benzene rings is 2. The van der Waals surface area contributed by atoms with E-state index in [1.54, 1.807) is 0 Å². The summed E-state index contributed by atoms with van der Waals surface area (Å²) in [6.07, 6.45) is 1.94. The van der Waals surface area contributed by atoms with Crippen LogP contribution >= 0.6 is 11.6 Å². The van der Waals surface area contributed by atoms with Crippen LogP contribution in [0.2, 0.25) is 5.02 Å². The van der Waals surface area contributed by atoms with Gasteiger partial charge in [0.05, 0.1) is 11.1 Å². The largest absolute Gasteiger partial charge is 0.260 e. The maximum Gasteiger partial charge on any atom is 0.218 e. The monoisotopic (exact) mass is 364 g/mol. The van der Waals surface area contributed by atoms with Crippen molar-refractivity contribution in [3.8, 4) is 0 Å². The Balaban J connectivity index is 1.79. The van der Waals surface area contributed by atoms with Crippen LogP contribution in [0, 0.1) is 0 Å². The van der Waals surface area contributed by atoms with Gasteiger partial charge in [-0.2, -0.15) is 0 Å². The van der Waals surface area contributed by atoms with Gasteiger partial charge in [-0.25, -0.2) is 0 Å². The van der Waals surface area contributed by atoms with Gasteiger partial charge in [0, 0.05) is 33.1 Å². The van der Waals surface area contributed by atoms with Gasteiger partial charge in [0.2, 0.25) is 5.72 Å². The number of hydroxylamine groups is 2. The van der Waals surface area contributed by atoms with Gasteiger partial charge in [0.1, 0.15) is 0 Å². The van der Waals surface area contributed by atoms with Crippen LogP contribution in [0.25, 0.3) is 10.9 Å². The quantitative estimate of drug-likeness (QED) is 0.541. The predicted molar refractivity (Wildman–Crippen MR) is 104 cm³/mol. The first-order chi connectivity index (χ1) is 12.3. The Morgan fingerprint density at radius 1 is 0.962 bits per heavy atom. The molecule has 2 atom stereocenters. The third kappa shape index (κ3) is 1.83. The van der Waals surface area contributed by atoms with Crippen molar-refractivity contribution in [3.63, 3.8) is 0 Å². The van der Waals surface area contributed by atoms with Crippen molar-refractivity contribution in [2.45, 2.75) is 44.4 Å². The molecular formula is C22H21ClN2O. The van der Waals surface area contributed by atoms with E-state index in [2.05, 4.69) is 62.0 Å². The number of hydrogen-bond donors (Lipinski definition) is 0. The topological polar surface area (TPSA) is 28.4 Å². The Morgan fingerprint density at radius 2 is 1.73 bits per heavy atom. The number of aromatic nitrogens is 1. The molecule has 4 heteroatoms. The van der Waals surface area contributed by atoms with E-state index in [0.717, 1.165) is 27.1 Å². The number of pyridine rings is 1. The highest BCUT2D eigenvalue weighted by Gasteiger charge is 2.71. The van der Waals surface area contributed by atoms with Gasteiger partial charge in [-0.1, -0.05) is 49.7 Å². The van der Waals surface area contributed by atoms with Gasteiger partial charge >= 0.3 is 0 Å². The summed E-state index contributed by atoms with van der Waals surface area (Å²) in [5, 5.41) is 4.00. The van der Waals surface area contributed by atoms with E-state index < -0.39 is 5.72 Å². The van der Waals surface area contributed by atoms with Crippen molar-refractivity contribution in [2.24, 2.45) is 0 Å². The van der Waals surface area contributed by atoms with Crippen LogP contribution in [-0.4, -0.2) is 15.6 Å². The van der Waals surface area contributed by atoms with Crippen molar-refractivity contribution in [1.29, 1.82) is 0 Å². The Morgan fingerprint density at radius 3 is 2.54 bits per heavy atom. The highest BCUT2D eigenvalue weighted by molar-refractivity contribution is 6.30. The highest BCUT2D eigenvalue weighted by atomic mass is 35.5. The van der Waals surface area contributed by atoms with E-state index in [1.807, 2.05) is 30.5 Å². The summed E-state index contributed by atoms with van der Waals surface area (Å²) in [6, 6.07) is 16.5. The lowest BCUT2D eigenvalue weighted by Crippen LogP contribution is -2.54. The van der Waals surface area contributed by atoms with Crippen molar-refractivity contribution in [1.82, 2.24) is 10.0 Å². The van der Waals surface area contributed by atoms with Crippen LogP contribution in [0.5, 0.6) is 0 Å². The van der Waals surface area contributed by atoms with Crippen molar-refractivity contribution < 1.29 is 4.84 Å². The molecule has 3 aromatic rings. The SMILES string of the molecule is CC1(C)c2cc(Cl)ccc2C2(c3cnc4ccccc4c3)ON2C1(C)C. The second kappa shape index (κ2) is 4.86. The molecule has 0 saturated carbocycles. The van der Waals surface area contributed by atoms with Gasteiger partial charge in [0.15, 0.2) is 0 Å². The molecule has 132 valence electrons. The fourth-order valence-corrected chi connectivity index (χ4v) is 4.44. The summed E-state index contributed by atoms with van der Waals surface area (Å²) in [5.74, 6) is 0. The smallest absolute Gasteiger partial charge is 0.218 e. The summed E-state index contributed by atoms with van der Waals surface area (Å²) in [6.45, 7) is 8.97. The number of nitrogens with zero attached hydrogens (tertiary/aromatic N) is 2. The van der Waals surface area contributed by atoms with E-state index >= 15 is 0 Å². The molecule has 0 amide bonds. The lowest BCUT2D eigenvalue weighted by Gasteiger charge is -2.47. The molecule has 2 unspecified atom stereocenters. The molecule has 0 bridgehead atoms. The molecule has 2 aliphatic heterocycles. The average Bonchev–Trinajstić information content (AvgIpc) is 3.38. The average molecular weight is 365 g/mol. The van der Waals surface area contributed by atoms with Gasteiger partial charge in [-0.15, -0.1) is 5.06 Å². The zero-order valence-electron chi connectivity index (χ0n) is 15.4. The van der Waals surface area contributed by atoms with Crippen LogP contribution in [0.3, 0.4) is 0 Å². The molecule has 0 radical (unpaired) electrons. The van der Waals surface area contributed by atoms with Crippen LogP contribution in [-0.2, 0) is 16.0 Å². The van der Waals surface area contributed by atoms with Crippen LogP contribution < -0.4 is 0 Å². The van der Waals surface area contributed by atoms with Crippen LogP contribution in [0.1, 0.15) is 44.4 Å². The third-order valence-electron chi connectivity index (χ3n) is 6.52. The standard InChI is InChI=1S/C22H21ClN2O/c1-20(2)18-12-16(23)9-10-17(18)22(25(26-22)21(20,3)4)15-11-14-7-5-6-8-19(14)24-13-15/h5-13H,1-4H3. The van der Waals surface area contributed by atoms with E-state index in [9.17, 15) is 0 Å². The third-order valence-corrected chi connectivity index (χ3v) is 6.75. The first-order valence-electron chi connectivity index (χ1n) is 8.94. The molecule has 2 aromatic carbocycles. The Hall–Kier alpha value is -1.94. The zero-order valence-corrected chi connectivity index (χ0v) is 16.1. The lowest BCUT2D eigenvalue weighted by atomic mass is 9.64. The minimum atomic E-state index is -0.587.